The summed E-state index contributed by atoms with van der Waals surface area (Å²) in [6, 6.07) is 17.3. The number of rotatable bonds is 7. The smallest absolute Gasteiger partial charge is 0.241 e. The minimum atomic E-state index is -3.97. The van der Waals surface area contributed by atoms with Crippen molar-refractivity contribution in [2.24, 2.45) is 11.8 Å². The van der Waals surface area contributed by atoms with Crippen LogP contribution < -0.4 is 4.72 Å². The van der Waals surface area contributed by atoms with E-state index in [1.54, 1.807) is 41.1 Å². The molecule has 2 fully saturated rings. The maximum Gasteiger partial charge on any atom is 0.241 e. The van der Waals surface area contributed by atoms with Crippen molar-refractivity contribution in [1.82, 2.24) is 14.2 Å². The third-order valence-corrected chi connectivity index (χ3v) is 9.37. The molecular weight excluding hydrogens is 472 g/mol. The fourth-order valence-corrected chi connectivity index (χ4v) is 7.37. The SMILES string of the molecule is N#Cc1cccn1CCC(NS(=O)(=O)c1cccc2ccccc12)C(=O)N1CC[C@@H]2CCCC[C@H]2C1. The highest BCUT2D eigenvalue weighted by atomic mass is 32.2. The van der Waals surface area contributed by atoms with Crippen LogP contribution in [0, 0.1) is 23.2 Å². The van der Waals surface area contributed by atoms with E-state index >= 15 is 0 Å². The Morgan fingerprint density at radius 1 is 1.03 bits per heavy atom. The summed E-state index contributed by atoms with van der Waals surface area (Å²) < 4.78 is 31.7. The van der Waals surface area contributed by atoms with Gasteiger partial charge in [-0.3, -0.25) is 4.79 Å². The predicted molar refractivity (Wildman–Crippen MR) is 138 cm³/mol. The van der Waals surface area contributed by atoms with E-state index in [1.807, 2.05) is 29.2 Å². The normalized spacial score (nSPS) is 21.0. The predicted octanol–water partition coefficient (Wildman–Crippen LogP) is 4.29. The van der Waals surface area contributed by atoms with Gasteiger partial charge in [0.05, 0.1) is 4.90 Å². The minimum absolute atomic E-state index is 0.170. The second-order valence-corrected chi connectivity index (χ2v) is 11.7. The van der Waals surface area contributed by atoms with Gasteiger partial charge in [0.2, 0.25) is 15.9 Å². The Morgan fingerprint density at radius 2 is 1.81 bits per heavy atom. The molecule has 1 saturated heterocycles. The van der Waals surface area contributed by atoms with Crippen LogP contribution in [-0.4, -0.2) is 42.9 Å². The molecule has 0 bridgehead atoms. The van der Waals surface area contributed by atoms with Crippen molar-refractivity contribution in [2.75, 3.05) is 13.1 Å². The molecule has 8 heteroatoms. The zero-order valence-corrected chi connectivity index (χ0v) is 21.2. The number of carbonyl (C=O) groups is 1. The number of amides is 1. The number of piperidine rings is 1. The molecule has 1 unspecified atom stereocenters. The summed E-state index contributed by atoms with van der Waals surface area (Å²) in [6.07, 6.45) is 7.86. The summed E-state index contributed by atoms with van der Waals surface area (Å²) in [6.45, 7) is 1.73. The first-order valence-corrected chi connectivity index (χ1v) is 14.3. The first kappa shape index (κ1) is 24.5. The summed E-state index contributed by atoms with van der Waals surface area (Å²) >= 11 is 0. The molecule has 188 valence electrons. The van der Waals surface area contributed by atoms with Crippen molar-refractivity contribution < 1.29 is 13.2 Å². The monoisotopic (exact) mass is 504 g/mol. The number of aromatic nitrogens is 1. The maximum atomic E-state index is 13.8. The van der Waals surface area contributed by atoms with Crippen LogP contribution >= 0.6 is 0 Å². The molecule has 5 rings (SSSR count). The lowest BCUT2D eigenvalue weighted by molar-refractivity contribution is -0.136. The Labute approximate surface area is 212 Å². The van der Waals surface area contributed by atoms with E-state index in [2.05, 4.69) is 10.8 Å². The summed E-state index contributed by atoms with van der Waals surface area (Å²) in [4.78, 5) is 15.8. The van der Waals surface area contributed by atoms with Crippen molar-refractivity contribution in [3.63, 3.8) is 0 Å². The molecule has 1 amide bonds. The topological polar surface area (TPSA) is 95.2 Å². The number of fused-ring (bicyclic) bond motifs is 2. The second kappa shape index (κ2) is 10.5. The standard InChI is InChI=1S/C28H32N4O3S/c29-19-24-11-6-16-31(24)18-15-26(28(33)32-17-14-21-7-1-2-9-23(21)20-32)30-36(34,35)27-13-5-10-22-8-3-4-12-25(22)27/h3-6,8,10-13,16,21,23,26,30H,1-2,7,9,14-15,17-18,20H2/t21-,23-,26?/m0/s1. The molecular formula is C28H32N4O3S. The quantitative estimate of drug-likeness (QED) is 0.519. The minimum Gasteiger partial charge on any atom is -0.341 e. The van der Waals surface area contributed by atoms with Crippen LogP contribution in [0.15, 0.2) is 65.7 Å². The van der Waals surface area contributed by atoms with Gasteiger partial charge in [0.1, 0.15) is 17.8 Å². The van der Waals surface area contributed by atoms with Crippen LogP contribution in [0.4, 0.5) is 0 Å². The number of nitrogens with one attached hydrogen (secondary N) is 1. The average molecular weight is 505 g/mol. The Hall–Kier alpha value is -3.15. The number of likely N-dealkylation sites (tertiary alicyclic amines) is 1. The van der Waals surface area contributed by atoms with Gasteiger partial charge in [-0.15, -0.1) is 0 Å². The largest absolute Gasteiger partial charge is 0.341 e. The van der Waals surface area contributed by atoms with Crippen molar-refractivity contribution in [2.45, 2.75) is 56.0 Å². The number of nitrogens with zero attached hydrogens (tertiary/aromatic N) is 3. The highest BCUT2D eigenvalue weighted by molar-refractivity contribution is 7.89. The highest BCUT2D eigenvalue weighted by Crippen LogP contribution is 2.36. The van der Waals surface area contributed by atoms with Crippen molar-refractivity contribution in [3.05, 3.63) is 66.5 Å². The zero-order valence-electron chi connectivity index (χ0n) is 20.3. The molecule has 7 nitrogen and oxygen atoms in total. The summed E-state index contributed by atoms with van der Waals surface area (Å²) in [5, 5.41) is 10.8. The van der Waals surface area contributed by atoms with Crippen LogP contribution in [-0.2, 0) is 21.4 Å². The molecule has 0 radical (unpaired) electrons. The molecule has 36 heavy (non-hydrogen) atoms. The van der Waals surface area contributed by atoms with E-state index in [9.17, 15) is 18.5 Å². The average Bonchev–Trinajstić information content (AvgIpc) is 3.37. The van der Waals surface area contributed by atoms with E-state index in [-0.39, 0.29) is 17.2 Å². The van der Waals surface area contributed by atoms with E-state index < -0.39 is 16.1 Å². The number of nitriles is 1. The molecule has 1 aliphatic heterocycles. The Morgan fingerprint density at radius 3 is 2.64 bits per heavy atom. The van der Waals surface area contributed by atoms with E-state index in [0.717, 1.165) is 18.2 Å². The van der Waals surface area contributed by atoms with Crippen molar-refractivity contribution >= 4 is 26.7 Å². The van der Waals surface area contributed by atoms with Gasteiger partial charge in [0.25, 0.3) is 0 Å². The summed E-state index contributed by atoms with van der Waals surface area (Å²) in [5.41, 5.74) is 0.487. The van der Waals surface area contributed by atoms with Gasteiger partial charge in [-0.05, 0) is 54.7 Å². The lowest BCUT2D eigenvalue weighted by atomic mass is 9.75. The fraction of sp³-hybridized carbons (Fsp3) is 0.429. The van der Waals surface area contributed by atoms with Gasteiger partial charge < -0.3 is 9.47 Å². The molecule has 2 heterocycles. The third-order valence-electron chi connectivity index (χ3n) is 7.84. The van der Waals surface area contributed by atoms with Crippen LogP contribution in [0.2, 0.25) is 0 Å². The van der Waals surface area contributed by atoms with E-state index in [4.69, 9.17) is 0 Å². The molecule has 2 aromatic carbocycles. The molecule has 2 aliphatic rings. The number of benzene rings is 2. The number of sulfonamides is 1. The molecule has 1 N–H and O–H groups in total. The van der Waals surface area contributed by atoms with Gasteiger partial charge in [0.15, 0.2) is 0 Å². The molecule has 1 saturated carbocycles. The summed E-state index contributed by atoms with van der Waals surface area (Å²) in [5.74, 6) is 1.00. The highest BCUT2D eigenvalue weighted by Gasteiger charge is 2.36. The lowest BCUT2D eigenvalue weighted by Crippen LogP contribution is -2.53. The van der Waals surface area contributed by atoms with Crippen molar-refractivity contribution in [1.29, 1.82) is 5.26 Å². The first-order chi connectivity index (χ1) is 17.5. The Bertz CT molecular complexity index is 1390. The first-order valence-electron chi connectivity index (χ1n) is 12.8. The molecule has 0 spiro atoms. The molecule has 1 aliphatic carbocycles. The molecule has 3 atom stereocenters. The van der Waals surface area contributed by atoms with Crippen molar-refractivity contribution in [3.8, 4) is 6.07 Å². The van der Waals surface area contributed by atoms with E-state index in [0.29, 0.717) is 42.6 Å². The van der Waals surface area contributed by atoms with Gasteiger partial charge in [0, 0.05) is 31.2 Å². The van der Waals surface area contributed by atoms with Crippen LogP contribution in [0.5, 0.6) is 0 Å². The van der Waals surface area contributed by atoms with Gasteiger partial charge in [-0.25, -0.2) is 8.42 Å². The Balaban J connectivity index is 1.41. The number of carbonyl (C=O) groups excluding carboxylic acids is 1. The summed E-state index contributed by atoms with van der Waals surface area (Å²) in [7, 11) is -3.97. The van der Waals surface area contributed by atoms with Crippen LogP contribution in [0.1, 0.15) is 44.2 Å². The van der Waals surface area contributed by atoms with Gasteiger partial charge >= 0.3 is 0 Å². The lowest BCUT2D eigenvalue weighted by Gasteiger charge is -2.42. The number of hydrogen-bond acceptors (Lipinski definition) is 4. The van der Waals surface area contributed by atoms with Crippen LogP contribution in [0.25, 0.3) is 10.8 Å². The fourth-order valence-electron chi connectivity index (χ4n) is 5.91. The maximum absolute atomic E-state index is 13.8. The van der Waals surface area contributed by atoms with Crippen LogP contribution in [0.3, 0.4) is 0 Å². The molecule has 1 aromatic heterocycles. The Kier molecular flexibility index (Phi) is 7.13. The number of hydrogen-bond donors (Lipinski definition) is 1. The van der Waals surface area contributed by atoms with E-state index in [1.165, 1.54) is 19.3 Å². The second-order valence-electron chi connectivity index (χ2n) is 10.0. The zero-order chi connectivity index (χ0) is 25.1. The van der Waals surface area contributed by atoms with Gasteiger partial charge in [-0.1, -0.05) is 55.7 Å². The molecule has 3 aromatic rings. The number of aryl methyl sites for hydroxylation is 1. The van der Waals surface area contributed by atoms with Gasteiger partial charge in [-0.2, -0.15) is 9.98 Å². The third kappa shape index (κ3) is 5.04.